The monoisotopic (exact) mass is 256 g/mol. The van der Waals surface area contributed by atoms with Gasteiger partial charge in [-0.25, -0.2) is 4.98 Å². The molecule has 4 nitrogen and oxygen atoms in total. The molecule has 0 saturated carbocycles. The summed E-state index contributed by atoms with van der Waals surface area (Å²) in [7, 11) is 0. The molecule has 4 heteroatoms. The topological polar surface area (TPSA) is 51.2 Å². The van der Waals surface area contributed by atoms with Crippen LogP contribution in [0.2, 0.25) is 0 Å². The van der Waals surface area contributed by atoms with Crippen LogP contribution in [0.4, 0.5) is 5.82 Å². The van der Waals surface area contributed by atoms with Crippen LogP contribution in [0.1, 0.15) is 13.8 Å². The van der Waals surface area contributed by atoms with E-state index in [9.17, 15) is 4.79 Å². The second kappa shape index (κ2) is 5.52. The minimum atomic E-state index is -0.973. The van der Waals surface area contributed by atoms with Gasteiger partial charge in [0.2, 0.25) is 0 Å². The number of benzene rings is 1. The zero-order valence-electron chi connectivity index (χ0n) is 11.0. The van der Waals surface area contributed by atoms with Gasteiger partial charge in [-0.05, 0) is 38.1 Å². The van der Waals surface area contributed by atoms with E-state index in [0.717, 1.165) is 0 Å². The number of nitrogens with zero attached hydrogens (tertiary/aromatic N) is 1. The van der Waals surface area contributed by atoms with Crippen LogP contribution in [0, 0.1) is 0 Å². The Morgan fingerprint density at radius 3 is 2.42 bits per heavy atom. The summed E-state index contributed by atoms with van der Waals surface area (Å²) in [6, 6.07) is 14.6. The Kier molecular flexibility index (Phi) is 3.80. The second-order valence-corrected chi connectivity index (χ2v) is 4.59. The van der Waals surface area contributed by atoms with Crippen molar-refractivity contribution in [1.29, 1.82) is 0 Å². The van der Waals surface area contributed by atoms with Crippen LogP contribution in [0.3, 0.4) is 0 Å². The van der Waals surface area contributed by atoms with Crippen molar-refractivity contribution >= 4 is 11.7 Å². The Labute approximate surface area is 112 Å². The van der Waals surface area contributed by atoms with Crippen LogP contribution in [0.5, 0.6) is 5.75 Å². The Hall–Kier alpha value is -2.36. The van der Waals surface area contributed by atoms with Gasteiger partial charge in [0.1, 0.15) is 11.6 Å². The van der Waals surface area contributed by atoms with Crippen LogP contribution in [0.15, 0.2) is 54.7 Å². The zero-order valence-corrected chi connectivity index (χ0v) is 11.0. The fourth-order valence-corrected chi connectivity index (χ4v) is 1.53. The van der Waals surface area contributed by atoms with E-state index in [1.807, 2.05) is 36.4 Å². The van der Waals surface area contributed by atoms with Crippen molar-refractivity contribution in [3.63, 3.8) is 0 Å². The number of hydrogen-bond donors (Lipinski definition) is 1. The first-order valence-corrected chi connectivity index (χ1v) is 6.04. The van der Waals surface area contributed by atoms with Gasteiger partial charge in [0.05, 0.1) is 0 Å². The Balaban J connectivity index is 2.05. The Morgan fingerprint density at radius 2 is 1.79 bits per heavy atom. The lowest BCUT2D eigenvalue weighted by Gasteiger charge is -2.25. The summed E-state index contributed by atoms with van der Waals surface area (Å²) < 4.78 is 5.70. The number of nitrogens with one attached hydrogen (secondary N) is 1. The summed E-state index contributed by atoms with van der Waals surface area (Å²) in [6.45, 7) is 3.44. The van der Waals surface area contributed by atoms with E-state index in [0.29, 0.717) is 11.6 Å². The molecule has 0 saturated heterocycles. The van der Waals surface area contributed by atoms with Gasteiger partial charge in [0.25, 0.3) is 5.91 Å². The molecule has 0 spiro atoms. The minimum Gasteiger partial charge on any atom is -0.478 e. The van der Waals surface area contributed by atoms with E-state index in [1.54, 1.807) is 32.2 Å². The lowest BCUT2D eigenvalue weighted by atomic mass is 10.1. The van der Waals surface area contributed by atoms with Crippen molar-refractivity contribution in [2.45, 2.75) is 19.4 Å². The first-order valence-electron chi connectivity index (χ1n) is 6.04. The minimum absolute atomic E-state index is 0.241. The lowest BCUT2D eigenvalue weighted by molar-refractivity contribution is -0.128. The average molecular weight is 256 g/mol. The number of carbonyl (C=O) groups is 1. The van der Waals surface area contributed by atoms with Gasteiger partial charge in [-0.15, -0.1) is 0 Å². The number of hydrogen-bond acceptors (Lipinski definition) is 3. The van der Waals surface area contributed by atoms with E-state index < -0.39 is 5.60 Å². The first kappa shape index (κ1) is 13.1. The van der Waals surface area contributed by atoms with Crippen LogP contribution in [-0.4, -0.2) is 16.5 Å². The molecule has 0 aliphatic carbocycles. The molecule has 0 aliphatic heterocycles. The van der Waals surface area contributed by atoms with Crippen LogP contribution < -0.4 is 10.1 Å². The molecule has 1 amide bonds. The van der Waals surface area contributed by atoms with Gasteiger partial charge in [-0.1, -0.05) is 24.3 Å². The molecule has 19 heavy (non-hydrogen) atoms. The second-order valence-electron chi connectivity index (χ2n) is 4.59. The quantitative estimate of drug-likeness (QED) is 0.915. The molecular formula is C15H16N2O2. The number of rotatable bonds is 4. The van der Waals surface area contributed by atoms with E-state index in [1.165, 1.54) is 0 Å². The molecule has 1 aromatic heterocycles. The van der Waals surface area contributed by atoms with Crippen molar-refractivity contribution in [1.82, 2.24) is 4.98 Å². The summed E-state index contributed by atoms with van der Waals surface area (Å²) in [4.78, 5) is 16.2. The lowest BCUT2D eigenvalue weighted by Crippen LogP contribution is -2.42. The van der Waals surface area contributed by atoms with Gasteiger partial charge in [0.15, 0.2) is 5.60 Å². The maximum Gasteiger partial charge on any atom is 0.269 e. The molecule has 0 atom stereocenters. The molecule has 0 bridgehead atoms. The molecule has 1 N–H and O–H groups in total. The van der Waals surface area contributed by atoms with E-state index in [4.69, 9.17) is 4.74 Å². The zero-order chi connectivity index (χ0) is 13.7. The highest BCUT2D eigenvalue weighted by molar-refractivity contribution is 5.96. The summed E-state index contributed by atoms with van der Waals surface area (Å²) in [6.07, 6.45) is 1.63. The maximum absolute atomic E-state index is 12.2. The van der Waals surface area contributed by atoms with Crippen molar-refractivity contribution in [2.24, 2.45) is 0 Å². The Bertz CT molecular complexity index is 539. The fraction of sp³-hybridized carbons (Fsp3) is 0.200. The van der Waals surface area contributed by atoms with E-state index in [-0.39, 0.29) is 5.91 Å². The number of anilines is 1. The van der Waals surface area contributed by atoms with Crippen molar-refractivity contribution in [3.8, 4) is 5.75 Å². The highest BCUT2D eigenvalue weighted by Gasteiger charge is 2.30. The number of amides is 1. The van der Waals surface area contributed by atoms with Gasteiger partial charge in [0, 0.05) is 6.20 Å². The molecule has 2 aromatic rings. The molecule has 1 aromatic carbocycles. The van der Waals surface area contributed by atoms with E-state index >= 15 is 0 Å². The van der Waals surface area contributed by atoms with Crippen LogP contribution in [0.25, 0.3) is 0 Å². The third kappa shape index (κ3) is 3.55. The molecule has 0 radical (unpaired) electrons. The summed E-state index contributed by atoms with van der Waals surface area (Å²) in [5.41, 5.74) is -0.973. The normalized spacial score (nSPS) is 10.8. The largest absolute Gasteiger partial charge is 0.478 e. The summed E-state index contributed by atoms with van der Waals surface area (Å²) in [5.74, 6) is 0.927. The highest BCUT2D eigenvalue weighted by Crippen LogP contribution is 2.19. The van der Waals surface area contributed by atoms with Crippen molar-refractivity contribution < 1.29 is 9.53 Å². The smallest absolute Gasteiger partial charge is 0.269 e. The number of pyridine rings is 1. The molecule has 0 unspecified atom stereocenters. The number of para-hydroxylation sites is 1. The molecule has 2 rings (SSSR count). The van der Waals surface area contributed by atoms with Crippen molar-refractivity contribution in [3.05, 3.63) is 54.7 Å². The molecule has 98 valence electrons. The van der Waals surface area contributed by atoms with Gasteiger partial charge < -0.3 is 10.1 Å². The van der Waals surface area contributed by atoms with E-state index in [2.05, 4.69) is 10.3 Å². The molecular weight excluding hydrogens is 240 g/mol. The highest BCUT2D eigenvalue weighted by atomic mass is 16.5. The van der Waals surface area contributed by atoms with Gasteiger partial charge >= 0.3 is 0 Å². The maximum atomic E-state index is 12.2. The molecule has 0 fully saturated rings. The standard InChI is InChI=1S/C15H16N2O2/c1-15(2,19-12-8-4-3-5-9-12)14(18)17-13-10-6-7-11-16-13/h3-11H,1-2H3,(H,16,17,18). The first-order chi connectivity index (χ1) is 9.08. The SMILES string of the molecule is CC(C)(Oc1ccccc1)C(=O)Nc1ccccn1. The van der Waals surface area contributed by atoms with Crippen LogP contribution >= 0.6 is 0 Å². The predicted molar refractivity (Wildman–Crippen MR) is 74.0 cm³/mol. The number of aromatic nitrogens is 1. The molecule has 0 aliphatic rings. The third-order valence-electron chi connectivity index (χ3n) is 2.57. The predicted octanol–water partition coefficient (Wildman–Crippen LogP) is 2.88. The number of carbonyl (C=O) groups excluding carboxylic acids is 1. The Morgan fingerprint density at radius 1 is 1.11 bits per heavy atom. The summed E-state index contributed by atoms with van der Waals surface area (Å²) >= 11 is 0. The van der Waals surface area contributed by atoms with Crippen molar-refractivity contribution in [2.75, 3.05) is 5.32 Å². The fourth-order valence-electron chi connectivity index (χ4n) is 1.53. The van der Waals surface area contributed by atoms with Crippen LogP contribution in [-0.2, 0) is 4.79 Å². The van der Waals surface area contributed by atoms with Gasteiger partial charge in [-0.3, -0.25) is 4.79 Å². The summed E-state index contributed by atoms with van der Waals surface area (Å²) in [5, 5.41) is 2.73. The average Bonchev–Trinajstić information content (AvgIpc) is 2.40. The molecule has 1 heterocycles. The van der Waals surface area contributed by atoms with Gasteiger partial charge in [-0.2, -0.15) is 0 Å². The third-order valence-corrected chi connectivity index (χ3v) is 2.57. The number of ether oxygens (including phenoxy) is 1.